The van der Waals surface area contributed by atoms with E-state index in [2.05, 4.69) is 55.8 Å². The maximum Gasteiger partial charge on any atom is 0.224 e. The SMILES string of the molecule is O=C1CCc2cccc(c2)-c2cccc3[nH]c(nc23)-c2n[nH]c3ccc(cc23)-c2cncc(c2)N1. The van der Waals surface area contributed by atoms with Gasteiger partial charge in [-0.05, 0) is 47.4 Å². The molecule has 8 bridgehead atoms. The van der Waals surface area contributed by atoms with Crippen LogP contribution in [0.3, 0.4) is 0 Å². The van der Waals surface area contributed by atoms with Crippen LogP contribution in [0.15, 0.2) is 79.1 Å². The average molecular weight is 457 g/mol. The summed E-state index contributed by atoms with van der Waals surface area (Å²) in [7, 11) is 0. The van der Waals surface area contributed by atoms with E-state index in [1.54, 1.807) is 12.4 Å². The maximum atomic E-state index is 12.7. The van der Waals surface area contributed by atoms with Crippen LogP contribution in [-0.4, -0.2) is 31.1 Å². The summed E-state index contributed by atoms with van der Waals surface area (Å²) in [5.74, 6) is 0.675. The van der Waals surface area contributed by atoms with E-state index in [9.17, 15) is 4.79 Å². The summed E-state index contributed by atoms with van der Waals surface area (Å²) in [6.45, 7) is 0. The molecule has 0 unspecified atom stereocenters. The molecule has 1 aliphatic rings. The van der Waals surface area contributed by atoms with E-state index in [1.807, 2.05) is 36.4 Å². The summed E-state index contributed by atoms with van der Waals surface area (Å²) in [6.07, 6.45) is 4.50. The molecule has 0 fully saturated rings. The Labute approximate surface area is 200 Å². The van der Waals surface area contributed by atoms with Gasteiger partial charge in [0.05, 0.1) is 28.4 Å². The van der Waals surface area contributed by atoms with E-state index in [-0.39, 0.29) is 5.91 Å². The average Bonchev–Trinajstić information content (AvgIpc) is 3.51. The van der Waals surface area contributed by atoms with Crippen molar-refractivity contribution in [3.05, 3.63) is 84.7 Å². The highest BCUT2D eigenvalue weighted by Gasteiger charge is 2.16. The van der Waals surface area contributed by atoms with Gasteiger partial charge in [-0.3, -0.25) is 14.9 Å². The third kappa shape index (κ3) is 3.36. The molecule has 0 saturated heterocycles. The number of nitrogens with one attached hydrogen (secondary N) is 3. The van der Waals surface area contributed by atoms with Crippen LogP contribution in [-0.2, 0) is 11.2 Å². The maximum absolute atomic E-state index is 12.7. The number of rotatable bonds is 0. The van der Waals surface area contributed by atoms with Gasteiger partial charge < -0.3 is 10.3 Å². The molecule has 1 aliphatic heterocycles. The molecule has 0 spiro atoms. The van der Waals surface area contributed by atoms with Crippen molar-refractivity contribution in [3.63, 3.8) is 0 Å². The number of carbonyl (C=O) groups excluding carboxylic acids is 1. The molecule has 35 heavy (non-hydrogen) atoms. The van der Waals surface area contributed by atoms with Crippen LogP contribution < -0.4 is 5.32 Å². The number of hydrogen-bond donors (Lipinski definition) is 3. The minimum Gasteiger partial charge on any atom is -0.337 e. The summed E-state index contributed by atoms with van der Waals surface area (Å²) in [5.41, 5.74) is 9.30. The lowest BCUT2D eigenvalue weighted by molar-refractivity contribution is -0.116. The Morgan fingerprint density at radius 1 is 0.800 bits per heavy atom. The van der Waals surface area contributed by atoms with Gasteiger partial charge in [0, 0.05) is 29.1 Å². The molecule has 4 heterocycles. The smallest absolute Gasteiger partial charge is 0.224 e. The molecular formula is C28H20N6O. The summed E-state index contributed by atoms with van der Waals surface area (Å²) in [4.78, 5) is 25.5. The zero-order valence-corrected chi connectivity index (χ0v) is 18.7. The van der Waals surface area contributed by atoms with Crippen molar-refractivity contribution in [1.82, 2.24) is 25.1 Å². The van der Waals surface area contributed by atoms with Crippen LogP contribution in [0.25, 0.3) is 55.7 Å². The predicted molar refractivity (Wildman–Crippen MR) is 137 cm³/mol. The van der Waals surface area contributed by atoms with Gasteiger partial charge in [0.25, 0.3) is 0 Å². The number of para-hydroxylation sites is 1. The van der Waals surface area contributed by atoms with Crippen molar-refractivity contribution < 1.29 is 4.79 Å². The minimum absolute atomic E-state index is 0.0397. The minimum atomic E-state index is -0.0397. The number of carbonyl (C=O) groups is 1. The highest BCUT2D eigenvalue weighted by molar-refractivity contribution is 5.99. The van der Waals surface area contributed by atoms with Gasteiger partial charge in [0.2, 0.25) is 5.91 Å². The topological polar surface area (TPSA) is 99.4 Å². The number of imidazole rings is 1. The van der Waals surface area contributed by atoms with Gasteiger partial charge in [-0.1, -0.05) is 42.5 Å². The Morgan fingerprint density at radius 2 is 1.74 bits per heavy atom. The van der Waals surface area contributed by atoms with Gasteiger partial charge in [-0.2, -0.15) is 5.10 Å². The second-order valence-electron chi connectivity index (χ2n) is 8.83. The zero-order chi connectivity index (χ0) is 23.4. The Hall–Kier alpha value is -4.78. The first-order valence-corrected chi connectivity index (χ1v) is 11.5. The normalized spacial score (nSPS) is 13.2. The standard InChI is InChI=1S/C28H20N6O/c35-25-10-7-16-3-1-4-18(11-16)21-5-2-6-24-26(21)32-28(31-24)27-22-13-17(8-9-23(22)33-34-27)19-12-20(30-25)15-29-14-19/h1-6,8-9,11-15H,7,10H2,(H,30,35)(H,31,32)(H,33,34). The van der Waals surface area contributed by atoms with Crippen molar-refractivity contribution >= 4 is 33.5 Å². The van der Waals surface area contributed by atoms with Crippen LogP contribution in [0.5, 0.6) is 0 Å². The molecule has 7 nitrogen and oxygen atoms in total. The van der Waals surface area contributed by atoms with E-state index in [0.717, 1.165) is 55.4 Å². The number of amides is 1. The molecular weight excluding hydrogens is 436 g/mol. The van der Waals surface area contributed by atoms with Gasteiger partial charge in [0.15, 0.2) is 5.82 Å². The highest BCUT2D eigenvalue weighted by Crippen LogP contribution is 2.34. The van der Waals surface area contributed by atoms with Crippen LogP contribution in [0, 0.1) is 0 Å². The predicted octanol–water partition coefficient (Wildman–Crippen LogP) is 5.72. The quantitative estimate of drug-likeness (QED) is 0.272. The number of nitrogens with zero attached hydrogens (tertiary/aromatic N) is 3. The first kappa shape index (κ1) is 19.7. The van der Waals surface area contributed by atoms with Crippen molar-refractivity contribution in [2.24, 2.45) is 0 Å². The molecule has 0 saturated carbocycles. The third-order valence-electron chi connectivity index (χ3n) is 6.53. The Kier molecular flexibility index (Phi) is 4.29. The van der Waals surface area contributed by atoms with E-state index in [4.69, 9.17) is 4.98 Å². The molecule has 3 aromatic carbocycles. The number of anilines is 1. The molecule has 3 aromatic heterocycles. The lowest BCUT2D eigenvalue weighted by Crippen LogP contribution is -2.12. The van der Waals surface area contributed by atoms with Crippen molar-refractivity contribution in [2.45, 2.75) is 12.8 Å². The summed E-state index contributed by atoms with van der Waals surface area (Å²) < 4.78 is 0. The lowest BCUT2D eigenvalue weighted by atomic mass is 10.00. The van der Waals surface area contributed by atoms with Crippen molar-refractivity contribution in [1.29, 1.82) is 0 Å². The van der Waals surface area contributed by atoms with E-state index >= 15 is 0 Å². The fourth-order valence-electron chi connectivity index (χ4n) is 4.79. The highest BCUT2D eigenvalue weighted by atomic mass is 16.1. The largest absolute Gasteiger partial charge is 0.337 e. The number of aromatic amines is 2. The number of H-pyrrole nitrogens is 2. The Bertz CT molecular complexity index is 1760. The fourth-order valence-corrected chi connectivity index (χ4v) is 4.79. The molecule has 0 radical (unpaired) electrons. The van der Waals surface area contributed by atoms with E-state index < -0.39 is 0 Å². The summed E-state index contributed by atoms with van der Waals surface area (Å²) >= 11 is 0. The molecule has 0 aliphatic carbocycles. The second kappa shape index (κ2) is 7.63. The Balaban J connectivity index is 1.48. The first-order chi connectivity index (χ1) is 17.2. The fraction of sp³-hybridized carbons (Fsp3) is 0.0714. The lowest BCUT2D eigenvalue weighted by Gasteiger charge is -2.09. The van der Waals surface area contributed by atoms with Crippen LogP contribution in [0.4, 0.5) is 5.69 Å². The summed E-state index contributed by atoms with van der Waals surface area (Å²) in [5, 5.41) is 11.7. The van der Waals surface area contributed by atoms with Gasteiger partial charge in [-0.25, -0.2) is 4.98 Å². The number of fused-ring (bicyclic) bond motifs is 9. The number of aryl methyl sites for hydroxylation is 1. The van der Waals surface area contributed by atoms with Gasteiger partial charge >= 0.3 is 0 Å². The van der Waals surface area contributed by atoms with E-state index in [0.29, 0.717) is 24.4 Å². The van der Waals surface area contributed by atoms with Crippen LogP contribution in [0.1, 0.15) is 12.0 Å². The third-order valence-corrected chi connectivity index (χ3v) is 6.53. The van der Waals surface area contributed by atoms with Crippen LogP contribution in [0.2, 0.25) is 0 Å². The van der Waals surface area contributed by atoms with Gasteiger partial charge in [0.1, 0.15) is 5.69 Å². The molecule has 7 heteroatoms. The number of pyridine rings is 1. The summed E-state index contributed by atoms with van der Waals surface area (Å²) in [6, 6.07) is 22.5. The van der Waals surface area contributed by atoms with Gasteiger partial charge in [-0.15, -0.1) is 0 Å². The Morgan fingerprint density at radius 3 is 2.71 bits per heavy atom. The second-order valence-corrected chi connectivity index (χ2v) is 8.83. The first-order valence-electron chi connectivity index (χ1n) is 11.5. The molecule has 0 atom stereocenters. The van der Waals surface area contributed by atoms with Crippen molar-refractivity contribution in [2.75, 3.05) is 5.32 Å². The van der Waals surface area contributed by atoms with Crippen LogP contribution >= 0.6 is 0 Å². The monoisotopic (exact) mass is 456 g/mol. The van der Waals surface area contributed by atoms with Crippen molar-refractivity contribution in [3.8, 4) is 33.8 Å². The zero-order valence-electron chi connectivity index (χ0n) is 18.7. The van der Waals surface area contributed by atoms with E-state index in [1.165, 1.54) is 0 Å². The molecule has 168 valence electrons. The molecule has 6 aromatic rings. The number of benzene rings is 3. The molecule has 1 amide bonds. The number of aromatic nitrogens is 5. The number of hydrogen-bond acceptors (Lipinski definition) is 4. The molecule has 7 rings (SSSR count). The molecule has 3 N–H and O–H groups in total.